The van der Waals surface area contributed by atoms with Gasteiger partial charge in [-0.05, 0) is 25.0 Å². The van der Waals surface area contributed by atoms with E-state index in [0.29, 0.717) is 25.2 Å². The van der Waals surface area contributed by atoms with Crippen LogP contribution in [0.1, 0.15) is 31.7 Å². The van der Waals surface area contributed by atoms with Gasteiger partial charge < -0.3 is 4.74 Å². The van der Waals surface area contributed by atoms with Gasteiger partial charge in [-0.2, -0.15) is 0 Å². The molecule has 0 heterocycles. The van der Waals surface area contributed by atoms with E-state index in [9.17, 15) is 4.79 Å². The molecule has 1 aromatic rings. The van der Waals surface area contributed by atoms with Crippen molar-refractivity contribution in [2.75, 3.05) is 6.61 Å². The van der Waals surface area contributed by atoms with Gasteiger partial charge >= 0.3 is 0 Å². The molecule has 1 aromatic carbocycles. The first kappa shape index (κ1) is 11.8. The number of Topliss-reactive ketones (excluding diaryl/α,β-unsaturated/α-hetero) is 1. The number of hydrogen-bond acceptors (Lipinski definition) is 2. The van der Waals surface area contributed by atoms with Crippen LogP contribution in [-0.2, 0) is 4.79 Å². The molecule has 0 unspecified atom stereocenters. The van der Waals surface area contributed by atoms with Crippen molar-refractivity contribution in [3.8, 4) is 5.75 Å². The summed E-state index contributed by atoms with van der Waals surface area (Å²) in [6.45, 7) is 4.54. The van der Waals surface area contributed by atoms with Crippen LogP contribution >= 0.6 is 0 Å². The van der Waals surface area contributed by atoms with Gasteiger partial charge in [-0.15, -0.1) is 0 Å². The van der Waals surface area contributed by atoms with Crippen molar-refractivity contribution in [2.45, 2.75) is 33.1 Å². The van der Waals surface area contributed by atoms with Gasteiger partial charge in [0.25, 0.3) is 0 Å². The van der Waals surface area contributed by atoms with Crippen LogP contribution in [0.5, 0.6) is 5.75 Å². The predicted octanol–water partition coefficient (Wildman–Crippen LogP) is 3.13. The van der Waals surface area contributed by atoms with Crippen molar-refractivity contribution in [2.24, 2.45) is 0 Å². The molecule has 0 bridgehead atoms. The fraction of sp³-hybridized carbons (Fsp3) is 0.462. The Bertz CT molecular complexity index is 318. The van der Waals surface area contributed by atoms with E-state index >= 15 is 0 Å². The highest BCUT2D eigenvalue weighted by Gasteiger charge is 2.00. The van der Waals surface area contributed by atoms with Gasteiger partial charge in [0.1, 0.15) is 11.5 Å². The number of para-hydroxylation sites is 1. The van der Waals surface area contributed by atoms with Crippen molar-refractivity contribution in [3.63, 3.8) is 0 Å². The summed E-state index contributed by atoms with van der Waals surface area (Å²) in [5.41, 5.74) is 1.14. The maximum Gasteiger partial charge on any atom is 0.132 e. The average molecular weight is 206 g/mol. The van der Waals surface area contributed by atoms with Gasteiger partial charge in [0.05, 0.1) is 6.61 Å². The Kier molecular flexibility index (Phi) is 4.88. The highest BCUT2D eigenvalue weighted by molar-refractivity contribution is 5.77. The fourth-order valence-electron chi connectivity index (χ4n) is 1.35. The largest absolute Gasteiger partial charge is 0.493 e. The van der Waals surface area contributed by atoms with E-state index in [1.165, 1.54) is 0 Å². The summed E-state index contributed by atoms with van der Waals surface area (Å²) in [6.07, 6.45) is 2.06. The number of hydrogen-bond donors (Lipinski definition) is 0. The number of carbonyl (C=O) groups is 1. The molecule has 15 heavy (non-hydrogen) atoms. The number of benzene rings is 1. The maximum atomic E-state index is 11.0. The van der Waals surface area contributed by atoms with E-state index in [-0.39, 0.29) is 0 Å². The summed E-state index contributed by atoms with van der Waals surface area (Å²) in [5, 5.41) is 0. The summed E-state index contributed by atoms with van der Waals surface area (Å²) in [7, 11) is 0. The smallest absolute Gasteiger partial charge is 0.132 e. The highest BCUT2D eigenvalue weighted by atomic mass is 16.5. The van der Waals surface area contributed by atoms with Gasteiger partial charge in [-0.3, -0.25) is 4.79 Å². The molecule has 0 aliphatic carbocycles. The van der Waals surface area contributed by atoms with Gasteiger partial charge in [0, 0.05) is 12.8 Å². The van der Waals surface area contributed by atoms with Gasteiger partial charge in [-0.1, -0.05) is 25.1 Å². The molecule has 0 spiro atoms. The van der Waals surface area contributed by atoms with Crippen LogP contribution in [0.4, 0.5) is 0 Å². The molecule has 0 aliphatic rings. The van der Waals surface area contributed by atoms with E-state index in [1.807, 2.05) is 38.1 Å². The molecule has 2 heteroatoms. The van der Waals surface area contributed by atoms with Gasteiger partial charge in [0.15, 0.2) is 0 Å². The number of ether oxygens (including phenoxy) is 1. The molecule has 0 aromatic heterocycles. The second-order valence-electron chi connectivity index (χ2n) is 3.61. The zero-order valence-electron chi connectivity index (χ0n) is 9.45. The molecule has 0 N–H and O–H groups in total. The first-order chi connectivity index (χ1) is 7.24. The van der Waals surface area contributed by atoms with E-state index in [1.54, 1.807) is 0 Å². The molecule has 1 rings (SSSR count). The Morgan fingerprint density at radius 2 is 2.07 bits per heavy atom. The molecule has 0 saturated heterocycles. The zero-order valence-corrected chi connectivity index (χ0v) is 9.45. The summed E-state index contributed by atoms with van der Waals surface area (Å²) in [6, 6.07) is 7.92. The third-order valence-electron chi connectivity index (χ3n) is 2.35. The molecule has 0 atom stereocenters. The Labute approximate surface area is 91.3 Å². The Hall–Kier alpha value is -1.31. The molecule has 82 valence electrons. The van der Waals surface area contributed by atoms with Crippen molar-refractivity contribution in [1.29, 1.82) is 0 Å². The Morgan fingerprint density at radius 3 is 2.73 bits per heavy atom. The van der Waals surface area contributed by atoms with Crippen LogP contribution in [0, 0.1) is 6.92 Å². The number of carbonyl (C=O) groups excluding carboxylic acids is 1. The SMILES string of the molecule is CCC(=O)CCCOc1ccccc1C. The Morgan fingerprint density at radius 1 is 1.33 bits per heavy atom. The third-order valence-corrected chi connectivity index (χ3v) is 2.35. The molecule has 0 aliphatic heterocycles. The first-order valence-corrected chi connectivity index (χ1v) is 5.44. The fourth-order valence-corrected chi connectivity index (χ4v) is 1.35. The lowest BCUT2D eigenvalue weighted by molar-refractivity contribution is -0.118. The van der Waals surface area contributed by atoms with E-state index < -0.39 is 0 Å². The van der Waals surface area contributed by atoms with Crippen LogP contribution in [0.3, 0.4) is 0 Å². The first-order valence-electron chi connectivity index (χ1n) is 5.44. The monoisotopic (exact) mass is 206 g/mol. The van der Waals surface area contributed by atoms with Gasteiger partial charge in [-0.25, -0.2) is 0 Å². The van der Waals surface area contributed by atoms with Gasteiger partial charge in [0.2, 0.25) is 0 Å². The molecule has 0 radical (unpaired) electrons. The van der Waals surface area contributed by atoms with Crippen molar-refractivity contribution >= 4 is 5.78 Å². The van der Waals surface area contributed by atoms with E-state index in [4.69, 9.17) is 4.74 Å². The lowest BCUT2D eigenvalue weighted by Gasteiger charge is -2.07. The van der Waals surface area contributed by atoms with Crippen molar-refractivity contribution in [3.05, 3.63) is 29.8 Å². The molecular formula is C13H18O2. The van der Waals surface area contributed by atoms with Crippen LogP contribution in [0.2, 0.25) is 0 Å². The molecule has 0 fully saturated rings. The second kappa shape index (κ2) is 6.23. The third kappa shape index (κ3) is 4.15. The number of ketones is 1. The molecule has 2 nitrogen and oxygen atoms in total. The number of rotatable bonds is 6. The molecular weight excluding hydrogens is 188 g/mol. The number of aryl methyl sites for hydroxylation is 1. The molecule has 0 saturated carbocycles. The lowest BCUT2D eigenvalue weighted by Crippen LogP contribution is -2.02. The minimum Gasteiger partial charge on any atom is -0.493 e. The summed E-state index contributed by atoms with van der Waals surface area (Å²) >= 11 is 0. The minimum atomic E-state index is 0.309. The zero-order chi connectivity index (χ0) is 11.1. The van der Waals surface area contributed by atoms with Crippen LogP contribution in [0.15, 0.2) is 24.3 Å². The van der Waals surface area contributed by atoms with Crippen LogP contribution in [-0.4, -0.2) is 12.4 Å². The lowest BCUT2D eigenvalue weighted by atomic mass is 10.2. The Balaban J connectivity index is 2.26. The summed E-state index contributed by atoms with van der Waals surface area (Å²) in [4.78, 5) is 11.0. The highest BCUT2D eigenvalue weighted by Crippen LogP contribution is 2.16. The predicted molar refractivity (Wildman–Crippen MR) is 61.2 cm³/mol. The maximum absolute atomic E-state index is 11.0. The molecule has 0 amide bonds. The van der Waals surface area contributed by atoms with E-state index in [0.717, 1.165) is 17.7 Å². The second-order valence-corrected chi connectivity index (χ2v) is 3.61. The minimum absolute atomic E-state index is 0.309. The quantitative estimate of drug-likeness (QED) is 0.668. The standard InChI is InChI=1S/C13H18O2/c1-3-12(14)8-6-10-15-13-9-5-4-7-11(13)2/h4-5,7,9H,3,6,8,10H2,1-2H3. The van der Waals surface area contributed by atoms with Crippen LogP contribution in [0.25, 0.3) is 0 Å². The normalized spacial score (nSPS) is 10.0. The summed E-state index contributed by atoms with van der Waals surface area (Å²) < 4.78 is 5.58. The topological polar surface area (TPSA) is 26.3 Å². The summed E-state index contributed by atoms with van der Waals surface area (Å²) in [5.74, 6) is 1.23. The van der Waals surface area contributed by atoms with Crippen molar-refractivity contribution < 1.29 is 9.53 Å². The average Bonchev–Trinajstić information content (AvgIpc) is 2.26. The van der Waals surface area contributed by atoms with E-state index in [2.05, 4.69) is 0 Å². The van der Waals surface area contributed by atoms with Crippen molar-refractivity contribution in [1.82, 2.24) is 0 Å². The van der Waals surface area contributed by atoms with Crippen LogP contribution < -0.4 is 4.74 Å².